The van der Waals surface area contributed by atoms with Crippen molar-refractivity contribution in [1.29, 1.82) is 0 Å². The molecule has 0 saturated heterocycles. The smallest absolute Gasteiger partial charge is 0.352 e. The Balaban J connectivity index is 2.23. The summed E-state index contributed by atoms with van der Waals surface area (Å²) in [5, 5.41) is 9.80. The number of aromatic nitrogens is 2. The Kier molecular flexibility index (Phi) is 3.39. The van der Waals surface area contributed by atoms with Gasteiger partial charge in [-0.05, 0) is 18.4 Å². The number of anilines is 1. The zero-order valence-corrected chi connectivity index (χ0v) is 10.1. The highest BCUT2D eigenvalue weighted by atomic mass is 32.2. The second-order valence-electron chi connectivity index (χ2n) is 3.61. The van der Waals surface area contributed by atoms with Crippen LogP contribution in [-0.2, 0) is 4.74 Å². The molecule has 3 N–H and O–H groups in total. The molecule has 7 heteroatoms. The molecular formula is C10H13N3O3S. The van der Waals surface area contributed by atoms with Gasteiger partial charge in [0.15, 0.2) is 0 Å². The van der Waals surface area contributed by atoms with Gasteiger partial charge in [-0.2, -0.15) is 16.7 Å². The summed E-state index contributed by atoms with van der Waals surface area (Å²) in [6, 6.07) is 1.49. The van der Waals surface area contributed by atoms with Crippen molar-refractivity contribution in [2.75, 3.05) is 17.7 Å². The van der Waals surface area contributed by atoms with Crippen molar-refractivity contribution >= 4 is 17.6 Å². The highest BCUT2D eigenvalue weighted by Gasteiger charge is 2.29. The molecule has 6 nitrogen and oxygen atoms in total. The predicted octanol–water partition coefficient (Wildman–Crippen LogP) is -0.0379. The standard InChI is InChI=1S/C10H13N3O3S/c1-17-5-6-4-7(14)9(16-6)13-3-2-8(11)12-10(13)15/h2-4,7,9,14H,5H2,1H3,(H2,11,12,15)/t7-,9-/m1/s1. The number of aliphatic hydroxyl groups is 1. The van der Waals surface area contributed by atoms with E-state index in [1.807, 2.05) is 6.26 Å². The van der Waals surface area contributed by atoms with Crippen LogP contribution in [0, 0.1) is 0 Å². The van der Waals surface area contributed by atoms with Gasteiger partial charge in [0.2, 0.25) is 6.23 Å². The van der Waals surface area contributed by atoms with Gasteiger partial charge in [0.1, 0.15) is 17.7 Å². The van der Waals surface area contributed by atoms with E-state index in [4.69, 9.17) is 10.5 Å². The monoisotopic (exact) mass is 255 g/mol. The van der Waals surface area contributed by atoms with Crippen LogP contribution < -0.4 is 11.4 Å². The Morgan fingerprint density at radius 3 is 3.12 bits per heavy atom. The van der Waals surface area contributed by atoms with Crippen molar-refractivity contribution in [3.63, 3.8) is 0 Å². The van der Waals surface area contributed by atoms with Crippen molar-refractivity contribution in [2.45, 2.75) is 12.3 Å². The highest BCUT2D eigenvalue weighted by molar-refractivity contribution is 7.98. The van der Waals surface area contributed by atoms with Crippen LogP contribution in [0.2, 0.25) is 0 Å². The summed E-state index contributed by atoms with van der Waals surface area (Å²) in [4.78, 5) is 15.2. The number of nitrogen functional groups attached to an aromatic ring is 1. The summed E-state index contributed by atoms with van der Waals surface area (Å²) in [5.74, 6) is 1.47. The zero-order chi connectivity index (χ0) is 12.4. The van der Waals surface area contributed by atoms with Gasteiger partial charge in [-0.15, -0.1) is 0 Å². The van der Waals surface area contributed by atoms with Crippen molar-refractivity contribution < 1.29 is 9.84 Å². The van der Waals surface area contributed by atoms with E-state index in [0.29, 0.717) is 11.5 Å². The van der Waals surface area contributed by atoms with E-state index in [2.05, 4.69) is 4.98 Å². The minimum atomic E-state index is -0.847. The van der Waals surface area contributed by atoms with Gasteiger partial charge in [-0.1, -0.05) is 0 Å². The van der Waals surface area contributed by atoms with Crippen LogP contribution in [0.5, 0.6) is 0 Å². The zero-order valence-electron chi connectivity index (χ0n) is 9.24. The van der Waals surface area contributed by atoms with Gasteiger partial charge < -0.3 is 15.6 Å². The SMILES string of the molecule is CSCC1=C[C@@H](O)[C@H](n2ccc(N)nc2=O)O1. The first-order chi connectivity index (χ1) is 8.11. The lowest BCUT2D eigenvalue weighted by Gasteiger charge is -2.17. The summed E-state index contributed by atoms with van der Waals surface area (Å²) >= 11 is 1.58. The molecule has 0 amide bonds. The minimum absolute atomic E-state index is 0.149. The van der Waals surface area contributed by atoms with E-state index in [0.717, 1.165) is 0 Å². The van der Waals surface area contributed by atoms with Gasteiger partial charge in [-0.3, -0.25) is 4.57 Å². The lowest BCUT2D eigenvalue weighted by Crippen LogP contribution is -2.32. The lowest BCUT2D eigenvalue weighted by atomic mass is 10.3. The molecule has 2 rings (SSSR count). The van der Waals surface area contributed by atoms with Crippen LogP contribution in [0.4, 0.5) is 5.82 Å². The molecule has 2 heterocycles. The third-order valence-electron chi connectivity index (χ3n) is 2.33. The fraction of sp³-hybridized carbons (Fsp3) is 0.400. The molecule has 2 atom stereocenters. The molecule has 0 saturated carbocycles. The second-order valence-corrected chi connectivity index (χ2v) is 4.47. The average molecular weight is 255 g/mol. The molecular weight excluding hydrogens is 242 g/mol. The van der Waals surface area contributed by atoms with Crippen LogP contribution in [0.25, 0.3) is 0 Å². The quantitative estimate of drug-likeness (QED) is 0.787. The van der Waals surface area contributed by atoms with E-state index >= 15 is 0 Å². The number of aliphatic hydroxyl groups excluding tert-OH is 1. The van der Waals surface area contributed by atoms with Gasteiger partial charge in [0.05, 0.1) is 5.75 Å². The maximum Gasteiger partial charge on any atom is 0.352 e. The van der Waals surface area contributed by atoms with E-state index < -0.39 is 18.0 Å². The number of nitrogens with zero attached hydrogens (tertiary/aromatic N) is 2. The lowest BCUT2D eigenvalue weighted by molar-refractivity contribution is -0.00149. The second kappa shape index (κ2) is 4.80. The van der Waals surface area contributed by atoms with E-state index in [1.165, 1.54) is 16.8 Å². The number of hydrogen-bond acceptors (Lipinski definition) is 6. The third-order valence-corrected chi connectivity index (χ3v) is 2.91. The topological polar surface area (TPSA) is 90.4 Å². The molecule has 1 aliphatic rings. The Morgan fingerprint density at radius 1 is 1.71 bits per heavy atom. The summed E-state index contributed by atoms with van der Waals surface area (Å²) in [6.45, 7) is 0. The van der Waals surface area contributed by atoms with Crippen LogP contribution in [0.3, 0.4) is 0 Å². The fourth-order valence-corrected chi connectivity index (χ4v) is 2.05. The number of thioether (sulfide) groups is 1. The summed E-state index contributed by atoms with van der Waals surface area (Å²) in [5.41, 5.74) is 4.86. The normalized spacial score (nSPS) is 23.3. The predicted molar refractivity (Wildman–Crippen MR) is 65.5 cm³/mol. The number of ether oxygens (including phenoxy) is 1. The largest absolute Gasteiger partial charge is 0.471 e. The number of nitrogens with two attached hydrogens (primary N) is 1. The molecule has 0 bridgehead atoms. The molecule has 0 fully saturated rings. The minimum Gasteiger partial charge on any atom is -0.471 e. The van der Waals surface area contributed by atoms with Gasteiger partial charge >= 0.3 is 5.69 Å². The summed E-state index contributed by atoms with van der Waals surface area (Å²) < 4.78 is 6.72. The summed E-state index contributed by atoms with van der Waals surface area (Å²) in [7, 11) is 0. The van der Waals surface area contributed by atoms with Crippen LogP contribution in [-0.4, -0.2) is 32.8 Å². The molecule has 0 aliphatic carbocycles. The van der Waals surface area contributed by atoms with Crippen molar-refractivity contribution in [2.24, 2.45) is 0 Å². The maximum absolute atomic E-state index is 11.6. The van der Waals surface area contributed by atoms with Gasteiger partial charge in [0.25, 0.3) is 0 Å². The van der Waals surface area contributed by atoms with Crippen molar-refractivity contribution in [3.05, 3.63) is 34.6 Å². The highest BCUT2D eigenvalue weighted by Crippen LogP contribution is 2.26. The molecule has 17 heavy (non-hydrogen) atoms. The molecule has 1 aromatic rings. The Hall–Kier alpha value is -1.47. The maximum atomic E-state index is 11.6. The van der Waals surface area contributed by atoms with Crippen molar-refractivity contribution in [3.8, 4) is 0 Å². The molecule has 1 aromatic heterocycles. The van der Waals surface area contributed by atoms with Gasteiger partial charge in [-0.25, -0.2) is 4.79 Å². The van der Waals surface area contributed by atoms with Crippen molar-refractivity contribution in [1.82, 2.24) is 9.55 Å². The van der Waals surface area contributed by atoms with Gasteiger partial charge in [0, 0.05) is 6.20 Å². The molecule has 0 radical (unpaired) electrons. The first-order valence-corrected chi connectivity index (χ1v) is 6.40. The third kappa shape index (κ3) is 2.45. The number of hydrogen-bond donors (Lipinski definition) is 2. The summed E-state index contributed by atoms with van der Waals surface area (Å²) in [6.07, 6.45) is 3.40. The van der Waals surface area contributed by atoms with Crippen LogP contribution >= 0.6 is 11.8 Å². The molecule has 92 valence electrons. The Bertz CT molecular complexity index is 500. The van der Waals surface area contributed by atoms with E-state index in [9.17, 15) is 9.90 Å². The molecule has 0 unspecified atom stereocenters. The molecule has 0 spiro atoms. The van der Waals surface area contributed by atoms with E-state index in [-0.39, 0.29) is 5.82 Å². The first kappa shape index (κ1) is 12.0. The van der Waals surface area contributed by atoms with E-state index in [1.54, 1.807) is 17.8 Å². The number of rotatable bonds is 3. The molecule has 1 aliphatic heterocycles. The fourth-order valence-electron chi connectivity index (χ4n) is 1.60. The molecule has 0 aromatic carbocycles. The first-order valence-electron chi connectivity index (χ1n) is 5.01. The van der Waals surface area contributed by atoms with Crippen LogP contribution in [0.15, 0.2) is 28.9 Å². The average Bonchev–Trinajstić information content (AvgIpc) is 2.60. The van der Waals surface area contributed by atoms with Crippen LogP contribution in [0.1, 0.15) is 6.23 Å². The Morgan fingerprint density at radius 2 is 2.47 bits per heavy atom. The Labute approximate surface area is 102 Å².